The van der Waals surface area contributed by atoms with Crippen LogP contribution in [-0.2, 0) is 6.54 Å². The zero-order valence-electron chi connectivity index (χ0n) is 12.8. The van der Waals surface area contributed by atoms with Crippen molar-refractivity contribution in [2.75, 3.05) is 18.4 Å². The fourth-order valence-corrected chi connectivity index (χ4v) is 2.63. The van der Waals surface area contributed by atoms with E-state index in [1.54, 1.807) is 30.3 Å². The lowest BCUT2D eigenvalue weighted by molar-refractivity contribution is 0.0717. The van der Waals surface area contributed by atoms with Gasteiger partial charge in [0, 0.05) is 25.2 Å². The maximum atomic E-state index is 13.5. The maximum Gasteiger partial charge on any atom is 0.274 e. The number of benzene rings is 1. The van der Waals surface area contributed by atoms with Gasteiger partial charge in [-0.1, -0.05) is 18.2 Å². The quantitative estimate of drug-likeness (QED) is 0.943. The molecule has 1 aliphatic heterocycles. The first-order chi connectivity index (χ1) is 11.2. The fraction of sp³-hybridized carbons (Fsp3) is 0.353. The topological polar surface area (TPSA) is 58.1 Å². The van der Waals surface area contributed by atoms with E-state index < -0.39 is 0 Å². The van der Waals surface area contributed by atoms with E-state index in [2.05, 4.69) is 15.5 Å². The molecule has 120 valence electrons. The summed E-state index contributed by atoms with van der Waals surface area (Å²) < 4.78 is 13.5. The third-order valence-electron chi connectivity index (χ3n) is 3.94. The van der Waals surface area contributed by atoms with Gasteiger partial charge in [-0.3, -0.25) is 4.79 Å². The molecule has 5 nitrogen and oxygen atoms in total. The average molecular weight is 314 g/mol. The minimum atomic E-state index is -0.259. The van der Waals surface area contributed by atoms with Crippen molar-refractivity contribution < 1.29 is 9.18 Å². The second-order valence-corrected chi connectivity index (χ2v) is 5.60. The Labute approximate surface area is 134 Å². The first-order valence-electron chi connectivity index (χ1n) is 7.84. The Kier molecular flexibility index (Phi) is 4.80. The lowest BCUT2D eigenvalue weighted by Crippen LogP contribution is -2.36. The van der Waals surface area contributed by atoms with E-state index in [0.29, 0.717) is 23.6 Å². The number of carbonyl (C=O) groups excluding carboxylic acids is 1. The first-order valence-corrected chi connectivity index (χ1v) is 7.84. The van der Waals surface area contributed by atoms with E-state index in [0.717, 1.165) is 25.9 Å². The second-order valence-electron chi connectivity index (χ2n) is 5.60. The average Bonchev–Trinajstić information content (AvgIpc) is 2.62. The number of carbonyl (C=O) groups is 1. The molecule has 2 heterocycles. The Hall–Kier alpha value is -2.50. The predicted octanol–water partition coefficient (Wildman–Crippen LogP) is 2.85. The van der Waals surface area contributed by atoms with Crippen molar-refractivity contribution in [3.8, 4) is 0 Å². The molecule has 1 amide bonds. The Balaban J connectivity index is 1.60. The van der Waals surface area contributed by atoms with Crippen molar-refractivity contribution >= 4 is 11.7 Å². The van der Waals surface area contributed by atoms with Crippen LogP contribution in [0.3, 0.4) is 0 Å². The number of amides is 1. The molecule has 0 atom stereocenters. The number of piperidine rings is 1. The molecule has 3 rings (SSSR count). The van der Waals surface area contributed by atoms with Crippen LogP contribution in [0.5, 0.6) is 0 Å². The third-order valence-corrected chi connectivity index (χ3v) is 3.94. The summed E-state index contributed by atoms with van der Waals surface area (Å²) >= 11 is 0. The molecular formula is C17H19FN4O. The van der Waals surface area contributed by atoms with Gasteiger partial charge in [-0.2, -0.15) is 0 Å². The fourth-order valence-electron chi connectivity index (χ4n) is 2.63. The highest BCUT2D eigenvalue weighted by Crippen LogP contribution is 2.13. The molecule has 1 fully saturated rings. The van der Waals surface area contributed by atoms with Gasteiger partial charge in [0.2, 0.25) is 0 Å². The van der Waals surface area contributed by atoms with Crippen LogP contribution in [0.1, 0.15) is 35.3 Å². The standard InChI is InChI=1S/C17H19FN4O/c18-14-7-3-2-6-13(14)12-19-16-9-8-15(20-21-16)17(23)22-10-4-1-5-11-22/h2-3,6-9H,1,4-5,10-12H2,(H,19,21). The van der Waals surface area contributed by atoms with Gasteiger partial charge >= 0.3 is 0 Å². The van der Waals surface area contributed by atoms with Crippen molar-refractivity contribution in [3.63, 3.8) is 0 Å². The Morgan fingerprint density at radius 2 is 1.87 bits per heavy atom. The summed E-state index contributed by atoms with van der Waals surface area (Å²) in [6.45, 7) is 1.89. The largest absolute Gasteiger partial charge is 0.364 e. The zero-order chi connectivity index (χ0) is 16.1. The Bertz CT molecular complexity index is 669. The monoisotopic (exact) mass is 314 g/mol. The highest BCUT2D eigenvalue weighted by atomic mass is 19.1. The third kappa shape index (κ3) is 3.83. The van der Waals surface area contributed by atoms with Crippen LogP contribution in [0.15, 0.2) is 36.4 Å². The van der Waals surface area contributed by atoms with Crippen LogP contribution in [-0.4, -0.2) is 34.1 Å². The van der Waals surface area contributed by atoms with Crippen LogP contribution in [0, 0.1) is 5.82 Å². The molecule has 1 saturated heterocycles. The first kappa shape index (κ1) is 15.4. The molecular weight excluding hydrogens is 295 g/mol. The van der Waals surface area contributed by atoms with Crippen LogP contribution in [0.25, 0.3) is 0 Å². The van der Waals surface area contributed by atoms with E-state index in [9.17, 15) is 9.18 Å². The van der Waals surface area contributed by atoms with Gasteiger partial charge < -0.3 is 10.2 Å². The number of aromatic nitrogens is 2. The molecule has 6 heteroatoms. The minimum absolute atomic E-state index is 0.0714. The zero-order valence-corrected chi connectivity index (χ0v) is 12.8. The van der Waals surface area contributed by atoms with Gasteiger partial charge in [-0.25, -0.2) is 4.39 Å². The molecule has 0 aliphatic carbocycles. The number of halogens is 1. The van der Waals surface area contributed by atoms with Gasteiger partial charge in [0.25, 0.3) is 5.91 Å². The SMILES string of the molecule is O=C(c1ccc(NCc2ccccc2F)nn1)N1CCCCC1. The van der Waals surface area contributed by atoms with Crippen molar-refractivity contribution in [1.82, 2.24) is 15.1 Å². The second kappa shape index (κ2) is 7.17. The van der Waals surface area contributed by atoms with E-state index in [1.807, 2.05) is 4.90 Å². The number of rotatable bonds is 4. The molecule has 0 radical (unpaired) electrons. The summed E-state index contributed by atoms with van der Waals surface area (Å²) in [5.74, 6) is 0.186. The van der Waals surface area contributed by atoms with Crippen LogP contribution < -0.4 is 5.32 Å². The predicted molar refractivity (Wildman–Crippen MR) is 85.5 cm³/mol. The molecule has 0 spiro atoms. The summed E-state index contributed by atoms with van der Waals surface area (Å²) in [5.41, 5.74) is 0.908. The van der Waals surface area contributed by atoms with Crippen LogP contribution in [0.2, 0.25) is 0 Å². The highest BCUT2D eigenvalue weighted by molar-refractivity contribution is 5.92. The number of likely N-dealkylation sites (tertiary alicyclic amines) is 1. The lowest BCUT2D eigenvalue weighted by Gasteiger charge is -2.26. The van der Waals surface area contributed by atoms with Gasteiger partial charge in [-0.15, -0.1) is 10.2 Å². The smallest absolute Gasteiger partial charge is 0.274 e. The summed E-state index contributed by atoms with van der Waals surface area (Å²) in [6, 6.07) is 9.93. The summed E-state index contributed by atoms with van der Waals surface area (Å²) in [5, 5.41) is 11.0. The molecule has 1 aromatic heterocycles. The lowest BCUT2D eigenvalue weighted by atomic mass is 10.1. The van der Waals surface area contributed by atoms with E-state index in [4.69, 9.17) is 0 Å². The van der Waals surface area contributed by atoms with Gasteiger partial charge in [0.1, 0.15) is 11.6 Å². The number of hydrogen-bond acceptors (Lipinski definition) is 4. The number of nitrogens with zero attached hydrogens (tertiary/aromatic N) is 3. The van der Waals surface area contributed by atoms with E-state index in [-0.39, 0.29) is 11.7 Å². The maximum absolute atomic E-state index is 13.5. The molecule has 0 saturated carbocycles. The minimum Gasteiger partial charge on any atom is -0.364 e. The Morgan fingerprint density at radius 3 is 2.57 bits per heavy atom. The van der Waals surface area contributed by atoms with Crippen LogP contribution in [0.4, 0.5) is 10.2 Å². The van der Waals surface area contributed by atoms with Gasteiger partial charge in [0.15, 0.2) is 5.69 Å². The molecule has 0 unspecified atom stereocenters. The molecule has 1 aromatic carbocycles. The molecule has 1 N–H and O–H groups in total. The molecule has 23 heavy (non-hydrogen) atoms. The molecule has 2 aromatic rings. The van der Waals surface area contributed by atoms with Gasteiger partial charge in [0.05, 0.1) is 0 Å². The number of nitrogens with one attached hydrogen (secondary N) is 1. The summed E-state index contributed by atoms with van der Waals surface area (Å²) in [4.78, 5) is 14.1. The van der Waals surface area contributed by atoms with Crippen molar-refractivity contribution in [2.24, 2.45) is 0 Å². The Morgan fingerprint density at radius 1 is 1.09 bits per heavy atom. The molecule has 0 bridgehead atoms. The van der Waals surface area contributed by atoms with Crippen molar-refractivity contribution in [3.05, 3.63) is 53.5 Å². The number of hydrogen-bond donors (Lipinski definition) is 1. The van der Waals surface area contributed by atoms with Crippen molar-refractivity contribution in [2.45, 2.75) is 25.8 Å². The number of anilines is 1. The van der Waals surface area contributed by atoms with E-state index in [1.165, 1.54) is 12.5 Å². The highest BCUT2D eigenvalue weighted by Gasteiger charge is 2.19. The van der Waals surface area contributed by atoms with Crippen LogP contribution >= 0.6 is 0 Å². The summed E-state index contributed by atoms with van der Waals surface area (Å²) in [7, 11) is 0. The summed E-state index contributed by atoms with van der Waals surface area (Å²) in [6.07, 6.45) is 3.26. The van der Waals surface area contributed by atoms with E-state index >= 15 is 0 Å². The van der Waals surface area contributed by atoms with Crippen molar-refractivity contribution in [1.29, 1.82) is 0 Å². The normalized spacial score (nSPS) is 14.6. The molecule has 1 aliphatic rings. The van der Waals surface area contributed by atoms with Gasteiger partial charge in [-0.05, 0) is 37.5 Å².